The Morgan fingerprint density at radius 1 is 0.975 bits per heavy atom. The van der Waals surface area contributed by atoms with Crippen molar-refractivity contribution in [2.75, 3.05) is 19.8 Å². The van der Waals surface area contributed by atoms with Gasteiger partial charge in [0.2, 0.25) is 0 Å². The molecule has 0 spiro atoms. The van der Waals surface area contributed by atoms with E-state index in [4.69, 9.17) is 9.36 Å². The molecule has 0 amide bonds. The van der Waals surface area contributed by atoms with Crippen molar-refractivity contribution in [3.63, 3.8) is 0 Å². The number of hydrogen-bond donors (Lipinski definition) is 1. The molecule has 212 valence electrons. The number of hydroxylamine groups is 2. The van der Waals surface area contributed by atoms with Crippen LogP contribution < -0.4 is 9.83 Å². The fourth-order valence-electron chi connectivity index (χ4n) is 5.44. The summed E-state index contributed by atoms with van der Waals surface area (Å²) in [6.07, 6.45) is 0.744. The largest absolute Gasteiger partial charge is 0.438 e. The quantitative estimate of drug-likeness (QED) is 0.186. The van der Waals surface area contributed by atoms with Gasteiger partial charge in [-0.25, -0.2) is 0 Å². The van der Waals surface area contributed by atoms with Crippen LogP contribution in [0.4, 0.5) is 0 Å². The number of aliphatic hydroxyl groups excluding tert-OH is 1. The minimum absolute atomic E-state index is 0.000878. The van der Waals surface area contributed by atoms with E-state index in [2.05, 4.69) is 25.1 Å². The average molecular weight is 561 g/mol. The lowest BCUT2D eigenvalue weighted by molar-refractivity contribution is -0.186. The highest BCUT2D eigenvalue weighted by molar-refractivity contribution is 7.68. The molecule has 1 aliphatic heterocycles. The zero-order valence-electron chi connectivity index (χ0n) is 24.2. The Hall–Kier alpha value is -2.94. The summed E-state index contributed by atoms with van der Waals surface area (Å²) in [5.41, 5.74) is 2.44. The second kappa shape index (κ2) is 12.7. The van der Waals surface area contributed by atoms with E-state index in [0.29, 0.717) is 17.7 Å². The van der Waals surface area contributed by atoms with Gasteiger partial charge in [0.05, 0.1) is 30.0 Å². The molecule has 1 aliphatic rings. The summed E-state index contributed by atoms with van der Waals surface area (Å²) in [7, 11) is -3.53. The molecule has 0 saturated heterocycles. The van der Waals surface area contributed by atoms with Gasteiger partial charge in [0.15, 0.2) is 0 Å². The Kier molecular flexibility index (Phi) is 9.54. The summed E-state index contributed by atoms with van der Waals surface area (Å²) in [6, 6.07) is 28.0. The molecule has 0 fully saturated rings. The molecule has 0 aliphatic carbocycles. The maximum atomic E-state index is 15.1. The molecule has 0 bridgehead atoms. The third-order valence-electron chi connectivity index (χ3n) is 8.08. The Labute approximate surface area is 239 Å². The van der Waals surface area contributed by atoms with Crippen LogP contribution in [-0.2, 0) is 9.40 Å². The van der Waals surface area contributed by atoms with E-state index in [0.717, 1.165) is 23.1 Å². The molecule has 7 heteroatoms. The van der Waals surface area contributed by atoms with Gasteiger partial charge in [-0.3, -0.25) is 9.40 Å². The molecule has 3 aromatic rings. The summed E-state index contributed by atoms with van der Waals surface area (Å²) < 4.78 is 21.5. The monoisotopic (exact) mass is 560 g/mol. The lowest BCUT2D eigenvalue weighted by Crippen LogP contribution is -2.45. The number of benzene rings is 3. The maximum Gasteiger partial charge on any atom is 0.297 e. The van der Waals surface area contributed by atoms with Crippen LogP contribution in [-0.4, -0.2) is 35.7 Å². The van der Waals surface area contributed by atoms with E-state index >= 15 is 4.57 Å². The van der Waals surface area contributed by atoms with Crippen molar-refractivity contribution in [1.29, 1.82) is 5.26 Å². The van der Waals surface area contributed by atoms with E-state index < -0.39 is 18.6 Å². The van der Waals surface area contributed by atoms with Gasteiger partial charge in [-0.2, -0.15) is 10.3 Å². The summed E-state index contributed by atoms with van der Waals surface area (Å²) in [4.78, 5) is 6.53. The topological polar surface area (TPSA) is 82.8 Å². The summed E-state index contributed by atoms with van der Waals surface area (Å²) in [6.45, 7) is 10.4. The molecule has 3 aromatic carbocycles. The molecular formula is C33H41N2O4P. The highest BCUT2D eigenvalue weighted by atomic mass is 31.2. The van der Waals surface area contributed by atoms with Crippen LogP contribution in [0.2, 0.25) is 0 Å². The van der Waals surface area contributed by atoms with Crippen LogP contribution in [0.25, 0.3) is 11.1 Å². The Morgan fingerprint density at radius 3 is 2.25 bits per heavy atom. The molecule has 4 rings (SSSR count). The molecule has 4 atom stereocenters. The third kappa shape index (κ3) is 6.19. The lowest BCUT2D eigenvalue weighted by Gasteiger charge is -2.41. The van der Waals surface area contributed by atoms with E-state index in [1.165, 1.54) is 0 Å². The summed E-state index contributed by atoms with van der Waals surface area (Å²) >= 11 is 0. The highest BCUT2D eigenvalue weighted by Crippen LogP contribution is 2.60. The molecule has 0 saturated carbocycles. The van der Waals surface area contributed by atoms with Crippen molar-refractivity contribution < 1.29 is 19.0 Å². The van der Waals surface area contributed by atoms with Gasteiger partial charge >= 0.3 is 0 Å². The molecule has 6 nitrogen and oxygen atoms in total. The van der Waals surface area contributed by atoms with Crippen LogP contribution in [0, 0.1) is 28.6 Å². The van der Waals surface area contributed by atoms with Crippen molar-refractivity contribution in [1.82, 2.24) is 5.06 Å². The molecule has 0 radical (unpaired) electrons. The first kappa shape index (κ1) is 30.0. The zero-order valence-corrected chi connectivity index (χ0v) is 25.1. The van der Waals surface area contributed by atoms with Crippen LogP contribution in [0.3, 0.4) is 0 Å². The first-order valence-corrected chi connectivity index (χ1v) is 15.8. The molecule has 4 unspecified atom stereocenters. The number of nitrogens with zero attached hydrogens (tertiary/aromatic N) is 2. The minimum atomic E-state index is -3.53. The van der Waals surface area contributed by atoms with Gasteiger partial charge in [-0.15, -0.1) is 0 Å². The van der Waals surface area contributed by atoms with Gasteiger partial charge in [-0.1, -0.05) is 87.5 Å². The Morgan fingerprint density at radius 2 is 1.60 bits per heavy atom. The smallest absolute Gasteiger partial charge is 0.297 e. The van der Waals surface area contributed by atoms with E-state index in [1.54, 1.807) is 5.06 Å². The highest BCUT2D eigenvalue weighted by Gasteiger charge is 2.48. The second-order valence-corrected chi connectivity index (χ2v) is 14.0. The van der Waals surface area contributed by atoms with Crippen molar-refractivity contribution >= 4 is 12.7 Å². The predicted octanol–water partition coefficient (Wildman–Crippen LogP) is 7.22. The number of fused-ring (bicyclic) bond motifs is 3. The first-order valence-electron chi connectivity index (χ1n) is 14.1. The maximum absolute atomic E-state index is 15.1. The van der Waals surface area contributed by atoms with Crippen LogP contribution in [0.1, 0.15) is 52.5 Å². The van der Waals surface area contributed by atoms with Gasteiger partial charge in [-0.05, 0) is 55.4 Å². The first-order chi connectivity index (χ1) is 19.1. The molecule has 1 heterocycles. The van der Waals surface area contributed by atoms with Gasteiger partial charge in [0, 0.05) is 18.0 Å². The number of para-hydroxylation sites is 1. The number of hydrogen-bond acceptors (Lipinski definition) is 6. The Balaban J connectivity index is 1.69. The number of rotatable bonds is 12. The van der Waals surface area contributed by atoms with Crippen LogP contribution >= 0.6 is 7.37 Å². The normalized spacial score (nSPS) is 18.8. The third-order valence-corrected chi connectivity index (χ3v) is 11.2. The SMILES string of the molecule is CC(C)C(N(CCO)OCC(CC(C)C(C)(C)C#N)c1ccccc1)P1(=O)Oc2ccccc2-c2ccccc21. The molecule has 40 heavy (non-hydrogen) atoms. The van der Waals surface area contributed by atoms with Crippen molar-refractivity contribution in [2.45, 2.75) is 52.7 Å². The van der Waals surface area contributed by atoms with Gasteiger partial charge in [0.1, 0.15) is 11.5 Å². The van der Waals surface area contributed by atoms with Gasteiger partial charge in [0.25, 0.3) is 7.37 Å². The number of nitriles is 1. The van der Waals surface area contributed by atoms with Crippen molar-refractivity contribution in [3.05, 3.63) is 84.4 Å². The van der Waals surface area contributed by atoms with E-state index in [1.807, 2.05) is 94.4 Å². The fourth-order valence-corrected chi connectivity index (χ4v) is 8.52. The molecule has 0 aromatic heterocycles. The number of aliphatic hydroxyl groups is 1. The van der Waals surface area contributed by atoms with Crippen molar-refractivity contribution in [3.8, 4) is 22.9 Å². The lowest BCUT2D eigenvalue weighted by atomic mass is 9.75. The Bertz CT molecular complexity index is 1370. The van der Waals surface area contributed by atoms with Crippen LogP contribution in [0.5, 0.6) is 5.75 Å². The summed E-state index contributed by atoms with van der Waals surface area (Å²) in [5.74, 6) is -0.0318. The standard InChI is InChI=1S/C33H41N2O4P/c1-24(2)32(40(37)31-18-12-10-16-29(31)28-15-9-11-17-30(28)39-40)35(19-20-36)38-22-27(26-13-7-6-8-14-26)21-25(3)33(4,5)23-34/h6-18,24-25,27,32,36H,19-22H2,1-5H3. The average Bonchev–Trinajstić information content (AvgIpc) is 2.95. The predicted molar refractivity (Wildman–Crippen MR) is 160 cm³/mol. The van der Waals surface area contributed by atoms with Crippen molar-refractivity contribution in [2.24, 2.45) is 17.3 Å². The van der Waals surface area contributed by atoms with E-state index in [9.17, 15) is 10.4 Å². The van der Waals surface area contributed by atoms with Crippen LogP contribution in [0.15, 0.2) is 78.9 Å². The molecule has 1 N–H and O–H groups in total. The summed E-state index contributed by atoms with van der Waals surface area (Å²) in [5, 5.41) is 22.2. The zero-order chi connectivity index (χ0) is 28.9. The van der Waals surface area contributed by atoms with Gasteiger partial charge < -0.3 is 9.63 Å². The molecular weight excluding hydrogens is 519 g/mol. The second-order valence-electron chi connectivity index (χ2n) is 11.6. The van der Waals surface area contributed by atoms with E-state index in [-0.39, 0.29) is 30.9 Å². The fraction of sp³-hybridized carbons (Fsp3) is 0.424. The minimum Gasteiger partial charge on any atom is -0.438 e.